The van der Waals surface area contributed by atoms with Gasteiger partial charge in [-0.05, 0) is 31.9 Å². The van der Waals surface area contributed by atoms with Crippen molar-refractivity contribution in [3.8, 4) is 0 Å². The highest BCUT2D eigenvalue weighted by Crippen LogP contribution is 2.26. The van der Waals surface area contributed by atoms with Gasteiger partial charge in [-0.25, -0.2) is 8.78 Å². The molecule has 0 bridgehead atoms. The number of aryl methyl sites for hydroxylation is 3. The molecule has 1 aliphatic rings. The molecule has 1 unspecified atom stereocenters. The molecule has 2 N–H and O–H groups in total. The molecule has 1 fully saturated rings. The number of hydrogen-bond acceptors (Lipinski definition) is 3. The first-order valence-corrected chi connectivity index (χ1v) is 7.83. The second-order valence-electron chi connectivity index (χ2n) is 6.51. The summed E-state index contributed by atoms with van der Waals surface area (Å²) >= 11 is 0. The van der Waals surface area contributed by atoms with Crippen molar-refractivity contribution in [2.75, 3.05) is 25.5 Å². The van der Waals surface area contributed by atoms with Gasteiger partial charge in [0.2, 0.25) is 11.8 Å². The van der Waals surface area contributed by atoms with Gasteiger partial charge in [-0.15, -0.1) is 12.4 Å². The van der Waals surface area contributed by atoms with E-state index in [-0.39, 0.29) is 24.9 Å². The van der Waals surface area contributed by atoms with Crippen LogP contribution in [0, 0.1) is 20.8 Å². The van der Waals surface area contributed by atoms with Gasteiger partial charge in [-0.3, -0.25) is 14.9 Å². The van der Waals surface area contributed by atoms with Gasteiger partial charge in [-0.1, -0.05) is 17.7 Å². The van der Waals surface area contributed by atoms with E-state index in [0.29, 0.717) is 0 Å². The predicted octanol–water partition coefficient (Wildman–Crippen LogP) is 2.43. The summed E-state index contributed by atoms with van der Waals surface area (Å²) in [6.45, 7) is 5.08. The van der Waals surface area contributed by atoms with Crippen molar-refractivity contribution >= 4 is 29.9 Å². The summed E-state index contributed by atoms with van der Waals surface area (Å²) in [5.74, 6) is -3.73. The molecule has 2 amide bonds. The van der Waals surface area contributed by atoms with E-state index in [1.54, 1.807) is 0 Å². The van der Waals surface area contributed by atoms with E-state index < -0.39 is 30.8 Å². The largest absolute Gasteiger partial charge is 0.335 e. The van der Waals surface area contributed by atoms with E-state index in [1.807, 2.05) is 32.9 Å². The number of nitrogens with one attached hydrogen (secondary N) is 2. The lowest BCUT2D eigenvalue weighted by Crippen LogP contribution is -2.44. The standard InChI is InChI=1S/C17H23F2N3O2.ClH/c1-10-5-11(2)15(12(3)6-10)21-14(23)8-22(4)16(24)13-7-17(18,19)9-20-13;/h5-6,13,20H,7-9H2,1-4H3,(H,21,23);1H. The van der Waals surface area contributed by atoms with Crippen LogP contribution in [0.5, 0.6) is 0 Å². The van der Waals surface area contributed by atoms with Gasteiger partial charge >= 0.3 is 0 Å². The van der Waals surface area contributed by atoms with Crippen molar-refractivity contribution in [3.05, 3.63) is 28.8 Å². The fourth-order valence-electron chi connectivity index (χ4n) is 3.01. The van der Waals surface area contributed by atoms with Gasteiger partial charge in [0.05, 0.1) is 19.1 Å². The quantitative estimate of drug-likeness (QED) is 0.849. The minimum absolute atomic E-state index is 0. The zero-order valence-electron chi connectivity index (χ0n) is 14.8. The molecule has 0 aliphatic carbocycles. The van der Waals surface area contributed by atoms with E-state index in [0.717, 1.165) is 22.4 Å². The van der Waals surface area contributed by atoms with Crippen LogP contribution >= 0.6 is 12.4 Å². The fourth-order valence-corrected chi connectivity index (χ4v) is 3.01. The van der Waals surface area contributed by atoms with Crippen LogP contribution in [0.4, 0.5) is 14.5 Å². The monoisotopic (exact) mass is 375 g/mol. The third-order valence-electron chi connectivity index (χ3n) is 4.11. The SMILES string of the molecule is Cc1cc(C)c(NC(=O)CN(C)C(=O)C2CC(F)(F)CN2)c(C)c1.Cl. The Hall–Kier alpha value is -1.73. The average molecular weight is 376 g/mol. The zero-order chi connectivity index (χ0) is 18.1. The third kappa shape index (κ3) is 5.37. The van der Waals surface area contributed by atoms with Crippen LogP contribution in [-0.2, 0) is 9.59 Å². The second kappa shape index (κ2) is 8.10. The maximum absolute atomic E-state index is 13.2. The molecule has 0 saturated carbocycles. The number of anilines is 1. The maximum atomic E-state index is 13.2. The van der Waals surface area contributed by atoms with E-state index in [9.17, 15) is 18.4 Å². The van der Waals surface area contributed by atoms with Crippen LogP contribution in [0.3, 0.4) is 0 Å². The second-order valence-corrected chi connectivity index (χ2v) is 6.51. The lowest BCUT2D eigenvalue weighted by atomic mass is 10.1. The van der Waals surface area contributed by atoms with E-state index in [2.05, 4.69) is 10.6 Å². The summed E-state index contributed by atoms with van der Waals surface area (Å²) in [5, 5.41) is 5.30. The minimum atomic E-state index is -2.88. The Morgan fingerprint density at radius 1 is 1.28 bits per heavy atom. The average Bonchev–Trinajstić information content (AvgIpc) is 2.82. The predicted molar refractivity (Wildman–Crippen MR) is 95.5 cm³/mol. The van der Waals surface area contributed by atoms with E-state index in [1.165, 1.54) is 11.9 Å². The molecule has 1 aromatic rings. The maximum Gasteiger partial charge on any atom is 0.262 e. The van der Waals surface area contributed by atoms with Crippen molar-refractivity contribution < 1.29 is 18.4 Å². The van der Waals surface area contributed by atoms with Crippen LogP contribution in [0.25, 0.3) is 0 Å². The van der Waals surface area contributed by atoms with Crippen molar-refractivity contribution in [3.63, 3.8) is 0 Å². The normalized spacial score (nSPS) is 18.4. The number of hydrogen-bond donors (Lipinski definition) is 2. The lowest BCUT2D eigenvalue weighted by Gasteiger charge is -2.21. The molecule has 0 spiro atoms. The molecule has 0 aromatic heterocycles. The number of amides is 2. The first-order chi connectivity index (χ1) is 11.1. The minimum Gasteiger partial charge on any atom is -0.335 e. The Morgan fingerprint density at radius 2 is 1.84 bits per heavy atom. The summed E-state index contributed by atoms with van der Waals surface area (Å²) in [6, 6.07) is 2.98. The first kappa shape index (κ1) is 21.3. The molecule has 140 valence electrons. The molecular formula is C17H24ClF2N3O2. The van der Waals surface area contributed by atoms with Crippen LogP contribution in [0.15, 0.2) is 12.1 Å². The first-order valence-electron chi connectivity index (χ1n) is 7.83. The fraction of sp³-hybridized carbons (Fsp3) is 0.529. The number of likely N-dealkylation sites (N-methyl/N-ethyl adjacent to an activating group) is 1. The molecule has 1 heterocycles. The molecule has 1 saturated heterocycles. The Labute approximate surface area is 152 Å². The van der Waals surface area contributed by atoms with Gasteiger partial charge in [-0.2, -0.15) is 0 Å². The summed E-state index contributed by atoms with van der Waals surface area (Å²) in [4.78, 5) is 25.5. The number of carbonyl (C=O) groups is 2. The Kier molecular flexibility index (Phi) is 6.90. The van der Waals surface area contributed by atoms with Crippen molar-refractivity contribution in [2.45, 2.75) is 39.2 Å². The Balaban J connectivity index is 0.00000312. The highest BCUT2D eigenvalue weighted by molar-refractivity contribution is 5.96. The number of carbonyl (C=O) groups excluding carboxylic acids is 2. The van der Waals surface area contributed by atoms with Crippen LogP contribution in [0.1, 0.15) is 23.1 Å². The smallest absolute Gasteiger partial charge is 0.262 e. The molecule has 0 radical (unpaired) electrons. The van der Waals surface area contributed by atoms with Gasteiger partial charge in [0.1, 0.15) is 0 Å². The summed E-state index contributed by atoms with van der Waals surface area (Å²) < 4.78 is 26.4. The van der Waals surface area contributed by atoms with Gasteiger partial charge in [0.25, 0.3) is 5.92 Å². The molecule has 1 aromatic carbocycles. The summed E-state index contributed by atoms with van der Waals surface area (Å²) in [7, 11) is 1.44. The van der Waals surface area contributed by atoms with Gasteiger partial charge in [0, 0.05) is 19.2 Å². The molecule has 2 rings (SSSR count). The molecule has 5 nitrogen and oxygen atoms in total. The number of rotatable bonds is 4. The topological polar surface area (TPSA) is 61.4 Å². The number of nitrogens with zero attached hydrogens (tertiary/aromatic N) is 1. The highest BCUT2D eigenvalue weighted by atomic mass is 35.5. The molecular weight excluding hydrogens is 352 g/mol. The lowest BCUT2D eigenvalue weighted by molar-refractivity contribution is -0.135. The van der Waals surface area contributed by atoms with Crippen LogP contribution < -0.4 is 10.6 Å². The molecule has 1 atom stereocenters. The highest BCUT2D eigenvalue weighted by Gasteiger charge is 2.43. The summed E-state index contributed by atoms with van der Waals surface area (Å²) in [5.41, 5.74) is 3.69. The number of halogens is 3. The van der Waals surface area contributed by atoms with Crippen LogP contribution in [0.2, 0.25) is 0 Å². The molecule has 1 aliphatic heterocycles. The molecule has 8 heteroatoms. The summed E-state index contributed by atoms with van der Waals surface area (Å²) in [6.07, 6.45) is -0.534. The zero-order valence-corrected chi connectivity index (χ0v) is 15.6. The van der Waals surface area contributed by atoms with Crippen molar-refractivity contribution in [2.24, 2.45) is 0 Å². The van der Waals surface area contributed by atoms with Crippen molar-refractivity contribution in [1.82, 2.24) is 10.2 Å². The van der Waals surface area contributed by atoms with Gasteiger partial charge in [0.15, 0.2) is 0 Å². The Morgan fingerprint density at radius 3 is 2.32 bits per heavy atom. The van der Waals surface area contributed by atoms with E-state index >= 15 is 0 Å². The van der Waals surface area contributed by atoms with E-state index in [4.69, 9.17) is 0 Å². The number of alkyl halides is 2. The van der Waals surface area contributed by atoms with Crippen LogP contribution in [-0.4, -0.2) is 48.8 Å². The third-order valence-corrected chi connectivity index (χ3v) is 4.11. The Bertz CT molecular complexity index is 644. The molecule has 25 heavy (non-hydrogen) atoms. The van der Waals surface area contributed by atoms with Gasteiger partial charge < -0.3 is 10.2 Å². The number of benzene rings is 1. The van der Waals surface area contributed by atoms with Crippen molar-refractivity contribution in [1.29, 1.82) is 0 Å².